The Hall–Kier alpha value is -0.920. The zero-order valence-electron chi connectivity index (χ0n) is 6.95. The van der Waals surface area contributed by atoms with Crippen molar-refractivity contribution >= 4 is 11.3 Å². The SMILES string of the molecule is CCCNC(C#N)c1cncs1. The van der Waals surface area contributed by atoms with Crippen molar-refractivity contribution in [3.8, 4) is 6.07 Å². The van der Waals surface area contributed by atoms with Crippen LogP contribution in [0, 0.1) is 11.3 Å². The first kappa shape index (κ1) is 9.17. The van der Waals surface area contributed by atoms with Crippen LogP contribution < -0.4 is 5.32 Å². The molecule has 0 aliphatic heterocycles. The van der Waals surface area contributed by atoms with Crippen LogP contribution in [0.1, 0.15) is 24.3 Å². The predicted molar refractivity (Wildman–Crippen MR) is 48.8 cm³/mol. The van der Waals surface area contributed by atoms with Crippen LogP contribution in [0.25, 0.3) is 0 Å². The van der Waals surface area contributed by atoms with Gasteiger partial charge in [0.05, 0.1) is 16.5 Å². The minimum atomic E-state index is -0.183. The molecule has 0 amide bonds. The first-order valence-electron chi connectivity index (χ1n) is 3.90. The number of thiazole rings is 1. The lowest BCUT2D eigenvalue weighted by molar-refractivity contribution is 0.627. The Morgan fingerprint density at radius 1 is 1.83 bits per heavy atom. The van der Waals surface area contributed by atoms with Crippen LogP contribution in [0.15, 0.2) is 11.7 Å². The number of hydrogen-bond donors (Lipinski definition) is 1. The third-order valence-electron chi connectivity index (χ3n) is 1.46. The van der Waals surface area contributed by atoms with Gasteiger partial charge in [-0.05, 0) is 13.0 Å². The van der Waals surface area contributed by atoms with Crippen LogP contribution in [0.2, 0.25) is 0 Å². The molecule has 0 radical (unpaired) electrons. The van der Waals surface area contributed by atoms with E-state index in [1.807, 2.05) is 0 Å². The zero-order chi connectivity index (χ0) is 8.81. The molecule has 1 rings (SSSR count). The molecule has 0 bridgehead atoms. The molecule has 12 heavy (non-hydrogen) atoms. The number of rotatable bonds is 4. The fourth-order valence-corrected chi connectivity index (χ4v) is 1.50. The highest BCUT2D eigenvalue weighted by Gasteiger charge is 2.09. The second-order valence-electron chi connectivity index (χ2n) is 2.42. The van der Waals surface area contributed by atoms with Gasteiger partial charge in [-0.25, -0.2) is 0 Å². The Balaban J connectivity index is 2.53. The Labute approximate surface area is 76.1 Å². The maximum Gasteiger partial charge on any atom is 0.132 e. The van der Waals surface area contributed by atoms with Crippen molar-refractivity contribution < 1.29 is 0 Å². The summed E-state index contributed by atoms with van der Waals surface area (Å²) < 4.78 is 0. The van der Waals surface area contributed by atoms with Crippen molar-refractivity contribution in [2.45, 2.75) is 19.4 Å². The lowest BCUT2D eigenvalue weighted by Gasteiger charge is -2.06. The quantitative estimate of drug-likeness (QED) is 0.769. The molecule has 0 fully saturated rings. The van der Waals surface area contributed by atoms with Crippen molar-refractivity contribution in [1.82, 2.24) is 10.3 Å². The second kappa shape index (κ2) is 4.86. The molecule has 1 N–H and O–H groups in total. The molecule has 1 atom stereocenters. The summed E-state index contributed by atoms with van der Waals surface area (Å²) in [5.41, 5.74) is 1.74. The van der Waals surface area contributed by atoms with E-state index in [0.29, 0.717) is 0 Å². The van der Waals surface area contributed by atoms with E-state index < -0.39 is 0 Å². The minimum Gasteiger partial charge on any atom is -0.297 e. The second-order valence-corrected chi connectivity index (χ2v) is 3.34. The molecule has 0 saturated carbocycles. The van der Waals surface area contributed by atoms with Crippen LogP contribution in [0.5, 0.6) is 0 Å². The smallest absolute Gasteiger partial charge is 0.132 e. The van der Waals surface area contributed by atoms with Gasteiger partial charge in [-0.15, -0.1) is 11.3 Å². The molecule has 0 aromatic carbocycles. The number of aromatic nitrogens is 1. The Kier molecular flexibility index (Phi) is 3.71. The van der Waals surface area contributed by atoms with E-state index in [0.717, 1.165) is 17.8 Å². The highest BCUT2D eigenvalue weighted by atomic mass is 32.1. The highest BCUT2D eigenvalue weighted by Crippen LogP contribution is 2.15. The fourth-order valence-electron chi connectivity index (χ4n) is 0.867. The molecule has 0 aliphatic rings. The molecule has 3 nitrogen and oxygen atoms in total. The monoisotopic (exact) mass is 181 g/mol. The molecule has 1 aromatic rings. The zero-order valence-corrected chi connectivity index (χ0v) is 7.77. The summed E-state index contributed by atoms with van der Waals surface area (Å²) in [5.74, 6) is 0. The van der Waals surface area contributed by atoms with Crippen LogP contribution in [0.4, 0.5) is 0 Å². The lowest BCUT2D eigenvalue weighted by atomic mass is 10.3. The van der Waals surface area contributed by atoms with Gasteiger partial charge in [-0.3, -0.25) is 10.3 Å². The van der Waals surface area contributed by atoms with E-state index in [2.05, 4.69) is 23.3 Å². The van der Waals surface area contributed by atoms with Crippen molar-refractivity contribution in [1.29, 1.82) is 5.26 Å². The van der Waals surface area contributed by atoms with E-state index in [1.165, 1.54) is 11.3 Å². The van der Waals surface area contributed by atoms with Gasteiger partial charge in [-0.2, -0.15) is 5.26 Å². The Morgan fingerprint density at radius 3 is 3.17 bits per heavy atom. The molecule has 1 heterocycles. The van der Waals surface area contributed by atoms with E-state index in [9.17, 15) is 0 Å². The van der Waals surface area contributed by atoms with Crippen molar-refractivity contribution in [3.63, 3.8) is 0 Å². The van der Waals surface area contributed by atoms with Crippen molar-refractivity contribution in [2.24, 2.45) is 0 Å². The van der Waals surface area contributed by atoms with Gasteiger partial charge < -0.3 is 0 Å². The largest absolute Gasteiger partial charge is 0.297 e. The third-order valence-corrected chi connectivity index (χ3v) is 2.30. The molecular weight excluding hydrogens is 170 g/mol. The topological polar surface area (TPSA) is 48.7 Å². The van der Waals surface area contributed by atoms with E-state index in [1.54, 1.807) is 11.7 Å². The molecule has 64 valence electrons. The van der Waals surface area contributed by atoms with Gasteiger partial charge in [-0.1, -0.05) is 6.92 Å². The summed E-state index contributed by atoms with van der Waals surface area (Å²) in [4.78, 5) is 4.92. The Morgan fingerprint density at radius 2 is 2.67 bits per heavy atom. The predicted octanol–water partition coefficient (Wildman–Crippen LogP) is 1.71. The first-order chi connectivity index (χ1) is 5.88. The standard InChI is InChI=1S/C8H11N3S/c1-2-3-11-7(4-9)8-5-10-6-12-8/h5-7,11H,2-3H2,1H3. The first-order valence-corrected chi connectivity index (χ1v) is 4.77. The minimum absolute atomic E-state index is 0.183. The average Bonchev–Trinajstić information content (AvgIpc) is 2.59. The molecule has 1 aromatic heterocycles. The number of nitrogens with one attached hydrogen (secondary N) is 1. The fraction of sp³-hybridized carbons (Fsp3) is 0.500. The summed E-state index contributed by atoms with van der Waals surface area (Å²) in [7, 11) is 0. The van der Waals surface area contributed by atoms with Gasteiger partial charge in [0.1, 0.15) is 6.04 Å². The summed E-state index contributed by atoms with van der Waals surface area (Å²) in [5, 5.41) is 11.9. The van der Waals surface area contributed by atoms with E-state index >= 15 is 0 Å². The average molecular weight is 181 g/mol. The Bertz CT molecular complexity index is 250. The molecule has 0 spiro atoms. The van der Waals surface area contributed by atoms with Crippen LogP contribution in [-0.2, 0) is 0 Å². The van der Waals surface area contributed by atoms with Crippen LogP contribution >= 0.6 is 11.3 Å². The molecule has 0 aliphatic carbocycles. The van der Waals surface area contributed by atoms with Crippen molar-refractivity contribution in [2.75, 3.05) is 6.54 Å². The summed E-state index contributed by atoms with van der Waals surface area (Å²) >= 11 is 1.51. The number of nitriles is 1. The maximum absolute atomic E-state index is 8.79. The number of nitrogens with zero attached hydrogens (tertiary/aromatic N) is 2. The van der Waals surface area contributed by atoms with Gasteiger partial charge in [0, 0.05) is 6.20 Å². The molecule has 4 heteroatoms. The highest BCUT2D eigenvalue weighted by molar-refractivity contribution is 7.09. The summed E-state index contributed by atoms with van der Waals surface area (Å²) in [6.07, 6.45) is 2.78. The summed E-state index contributed by atoms with van der Waals surface area (Å²) in [6.45, 7) is 2.95. The summed E-state index contributed by atoms with van der Waals surface area (Å²) in [6, 6.07) is 2.02. The third kappa shape index (κ3) is 2.29. The normalized spacial score (nSPS) is 12.3. The van der Waals surface area contributed by atoms with Crippen LogP contribution in [0.3, 0.4) is 0 Å². The van der Waals surface area contributed by atoms with E-state index in [4.69, 9.17) is 5.26 Å². The van der Waals surface area contributed by atoms with Crippen molar-refractivity contribution in [3.05, 3.63) is 16.6 Å². The van der Waals surface area contributed by atoms with Gasteiger partial charge in [0.15, 0.2) is 0 Å². The van der Waals surface area contributed by atoms with Gasteiger partial charge in [0.25, 0.3) is 0 Å². The molecule has 0 saturated heterocycles. The van der Waals surface area contributed by atoms with Gasteiger partial charge in [0.2, 0.25) is 0 Å². The van der Waals surface area contributed by atoms with E-state index in [-0.39, 0.29) is 6.04 Å². The molecule has 1 unspecified atom stereocenters. The maximum atomic E-state index is 8.79. The van der Waals surface area contributed by atoms with Crippen LogP contribution in [-0.4, -0.2) is 11.5 Å². The molecular formula is C8H11N3S. The van der Waals surface area contributed by atoms with Gasteiger partial charge >= 0.3 is 0 Å². The lowest BCUT2D eigenvalue weighted by Crippen LogP contribution is -2.19. The number of hydrogen-bond acceptors (Lipinski definition) is 4.